The summed E-state index contributed by atoms with van der Waals surface area (Å²) in [4.78, 5) is 18.1. The molecule has 3 heterocycles. The van der Waals surface area contributed by atoms with Gasteiger partial charge in [-0.3, -0.25) is 4.57 Å². The lowest BCUT2D eigenvalue weighted by molar-refractivity contribution is 0.122. The van der Waals surface area contributed by atoms with E-state index in [0.717, 1.165) is 31.2 Å². The lowest BCUT2D eigenvalue weighted by atomic mass is 9.91. The third-order valence-corrected chi connectivity index (χ3v) is 6.89. The van der Waals surface area contributed by atoms with E-state index in [-0.39, 0.29) is 17.9 Å². The van der Waals surface area contributed by atoms with Gasteiger partial charge < -0.3 is 20.3 Å². The van der Waals surface area contributed by atoms with E-state index >= 15 is 0 Å². The third kappa shape index (κ3) is 4.44. The first-order chi connectivity index (χ1) is 16.4. The first kappa shape index (κ1) is 22.9. The Labute approximate surface area is 197 Å². The molecule has 8 nitrogen and oxygen atoms in total. The number of fused-ring (bicyclic) bond motifs is 1. The van der Waals surface area contributed by atoms with E-state index in [4.69, 9.17) is 20.4 Å². The molecule has 0 atom stereocenters. The van der Waals surface area contributed by atoms with Gasteiger partial charge in [0.05, 0.1) is 24.2 Å². The number of morpholine rings is 1. The van der Waals surface area contributed by atoms with Gasteiger partial charge in [-0.1, -0.05) is 6.07 Å². The summed E-state index contributed by atoms with van der Waals surface area (Å²) in [6, 6.07) is 7.79. The molecule has 0 unspecified atom stereocenters. The van der Waals surface area contributed by atoms with Crippen LogP contribution in [0.15, 0.2) is 24.3 Å². The van der Waals surface area contributed by atoms with Crippen LogP contribution in [-0.2, 0) is 4.74 Å². The minimum Gasteiger partial charge on any atom is -0.378 e. The van der Waals surface area contributed by atoms with Gasteiger partial charge in [0.25, 0.3) is 6.43 Å². The monoisotopic (exact) mass is 471 g/mol. The van der Waals surface area contributed by atoms with Gasteiger partial charge in [0.15, 0.2) is 5.82 Å². The average molecular weight is 472 g/mol. The molecule has 182 valence electrons. The SMILES string of the molecule is Cc1ccc2nc(C(F)F)n(-c3cc(N4CCOCC4)nc(N(C)C4CCC(N)CC4)n3)c2c1. The van der Waals surface area contributed by atoms with Gasteiger partial charge in [-0.2, -0.15) is 9.97 Å². The highest BCUT2D eigenvalue weighted by Gasteiger charge is 2.27. The fourth-order valence-electron chi connectivity index (χ4n) is 4.88. The van der Waals surface area contributed by atoms with Gasteiger partial charge >= 0.3 is 0 Å². The normalized spacial score (nSPS) is 21.4. The second kappa shape index (κ2) is 9.42. The Kier molecular flexibility index (Phi) is 6.35. The fourth-order valence-corrected chi connectivity index (χ4v) is 4.88. The minimum atomic E-state index is -2.74. The van der Waals surface area contributed by atoms with Crippen molar-refractivity contribution in [1.29, 1.82) is 0 Å². The third-order valence-electron chi connectivity index (χ3n) is 6.89. The molecule has 1 aromatic carbocycles. The van der Waals surface area contributed by atoms with Crippen LogP contribution in [0.4, 0.5) is 20.5 Å². The Morgan fingerprint density at radius 2 is 1.74 bits per heavy atom. The summed E-state index contributed by atoms with van der Waals surface area (Å²) in [6.45, 7) is 4.50. The fraction of sp³-hybridized carbons (Fsp3) is 0.542. The number of benzene rings is 1. The standard InChI is InChI=1S/C24H31F2N7O/c1-15-3-8-18-19(13-15)33(23(28-18)22(25)26)21-14-20(32-9-11-34-12-10-32)29-24(30-21)31(2)17-6-4-16(27)5-7-17/h3,8,13-14,16-17,22H,4-7,9-12,27H2,1-2H3. The van der Waals surface area contributed by atoms with Gasteiger partial charge in [0, 0.05) is 38.3 Å². The highest BCUT2D eigenvalue weighted by atomic mass is 19.3. The molecule has 5 rings (SSSR count). The Balaban J connectivity index is 1.64. The summed E-state index contributed by atoms with van der Waals surface area (Å²) >= 11 is 0. The molecule has 2 aromatic heterocycles. The van der Waals surface area contributed by atoms with Crippen molar-refractivity contribution in [3.63, 3.8) is 0 Å². The van der Waals surface area contributed by atoms with Gasteiger partial charge in [0.1, 0.15) is 11.6 Å². The molecule has 0 bridgehead atoms. The highest BCUT2D eigenvalue weighted by molar-refractivity contribution is 5.79. The van der Waals surface area contributed by atoms with Crippen molar-refractivity contribution in [2.75, 3.05) is 43.2 Å². The summed E-state index contributed by atoms with van der Waals surface area (Å²) < 4.78 is 35.2. The van der Waals surface area contributed by atoms with E-state index in [9.17, 15) is 8.78 Å². The Bertz CT molecular complexity index is 1150. The van der Waals surface area contributed by atoms with Crippen molar-refractivity contribution in [2.45, 2.75) is 51.1 Å². The molecule has 3 aromatic rings. The number of imidazole rings is 1. The van der Waals surface area contributed by atoms with Crippen LogP contribution < -0.4 is 15.5 Å². The molecule has 1 aliphatic carbocycles. The molecule has 0 amide bonds. The molecule has 0 spiro atoms. The van der Waals surface area contributed by atoms with Crippen molar-refractivity contribution in [2.24, 2.45) is 5.73 Å². The maximum Gasteiger partial charge on any atom is 0.296 e. The van der Waals surface area contributed by atoms with E-state index in [0.29, 0.717) is 54.9 Å². The van der Waals surface area contributed by atoms with Crippen molar-refractivity contribution in [3.05, 3.63) is 35.7 Å². The number of ether oxygens (including phenoxy) is 1. The number of alkyl halides is 2. The minimum absolute atomic E-state index is 0.231. The summed E-state index contributed by atoms with van der Waals surface area (Å²) in [5.41, 5.74) is 8.20. The van der Waals surface area contributed by atoms with Crippen LogP contribution in [0.5, 0.6) is 0 Å². The molecule has 2 N–H and O–H groups in total. The molecule has 2 fully saturated rings. The predicted molar refractivity (Wildman–Crippen MR) is 128 cm³/mol. The van der Waals surface area contributed by atoms with Crippen LogP contribution >= 0.6 is 0 Å². The number of hydrogen-bond acceptors (Lipinski definition) is 7. The second-order valence-corrected chi connectivity index (χ2v) is 9.26. The lowest BCUT2D eigenvalue weighted by Crippen LogP contribution is -2.40. The molecule has 2 aliphatic rings. The number of hydrogen-bond donors (Lipinski definition) is 1. The number of aryl methyl sites for hydroxylation is 1. The molecule has 34 heavy (non-hydrogen) atoms. The van der Waals surface area contributed by atoms with Crippen molar-refractivity contribution >= 4 is 22.8 Å². The maximum absolute atomic E-state index is 14.1. The smallest absolute Gasteiger partial charge is 0.296 e. The second-order valence-electron chi connectivity index (χ2n) is 9.26. The van der Waals surface area contributed by atoms with Gasteiger partial charge in [-0.25, -0.2) is 13.8 Å². The zero-order valence-corrected chi connectivity index (χ0v) is 19.6. The van der Waals surface area contributed by atoms with Crippen molar-refractivity contribution in [3.8, 4) is 5.82 Å². The molecule has 1 saturated heterocycles. The van der Waals surface area contributed by atoms with E-state index in [1.807, 2.05) is 26.1 Å². The van der Waals surface area contributed by atoms with Crippen molar-refractivity contribution < 1.29 is 13.5 Å². The van der Waals surface area contributed by atoms with Crippen LogP contribution in [0.3, 0.4) is 0 Å². The van der Waals surface area contributed by atoms with Crippen LogP contribution in [0.1, 0.15) is 43.5 Å². The number of nitrogens with two attached hydrogens (primary N) is 1. The number of aromatic nitrogens is 4. The van der Waals surface area contributed by atoms with Gasteiger partial charge in [0.2, 0.25) is 5.95 Å². The number of halogens is 2. The summed E-state index contributed by atoms with van der Waals surface area (Å²) in [5.74, 6) is 1.31. The first-order valence-electron chi connectivity index (χ1n) is 11.9. The van der Waals surface area contributed by atoms with Gasteiger partial charge in [-0.05, 0) is 50.3 Å². The van der Waals surface area contributed by atoms with Crippen LogP contribution in [-0.4, -0.2) is 65.0 Å². The van der Waals surface area contributed by atoms with Crippen LogP contribution in [0.2, 0.25) is 0 Å². The number of nitrogens with zero attached hydrogens (tertiary/aromatic N) is 6. The molecule has 10 heteroatoms. The largest absolute Gasteiger partial charge is 0.378 e. The summed E-state index contributed by atoms with van der Waals surface area (Å²) in [6.07, 6.45) is 1.06. The molecular weight excluding hydrogens is 440 g/mol. The molecule has 1 saturated carbocycles. The molecule has 0 radical (unpaired) electrons. The Morgan fingerprint density at radius 3 is 2.44 bits per heavy atom. The molecule has 1 aliphatic heterocycles. The quantitative estimate of drug-likeness (QED) is 0.609. The predicted octanol–water partition coefficient (Wildman–Crippen LogP) is 3.60. The Morgan fingerprint density at radius 1 is 1.03 bits per heavy atom. The average Bonchev–Trinajstić information content (AvgIpc) is 3.23. The van der Waals surface area contributed by atoms with Crippen LogP contribution in [0.25, 0.3) is 16.9 Å². The summed E-state index contributed by atoms with van der Waals surface area (Å²) in [7, 11) is 1.98. The highest BCUT2D eigenvalue weighted by Crippen LogP contribution is 2.31. The van der Waals surface area contributed by atoms with Crippen LogP contribution in [0, 0.1) is 6.92 Å². The maximum atomic E-state index is 14.1. The number of anilines is 2. The van der Waals surface area contributed by atoms with Gasteiger partial charge in [-0.15, -0.1) is 0 Å². The van der Waals surface area contributed by atoms with Crippen molar-refractivity contribution in [1.82, 2.24) is 19.5 Å². The first-order valence-corrected chi connectivity index (χ1v) is 11.9. The molecular formula is C24H31F2N7O. The van der Waals surface area contributed by atoms with E-state index in [2.05, 4.69) is 14.8 Å². The lowest BCUT2D eigenvalue weighted by Gasteiger charge is -2.34. The summed E-state index contributed by atoms with van der Waals surface area (Å²) in [5, 5.41) is 0. The zero-order valence-electron chi connectivity index (χ0n) is 19.6. The topological polar surface area (TPSA) is 85.3 Å². The van der Waals surface area contributed by atoms with E-state index in [1.165, 1.54) is 4.57 Å². The number of rotatable bonds is 5. The van der Waals surface area contributed by atoms with E-state index in [1.54, 1.807) is 12.1 Å². The van der Waals surface area contributed by atoms with E-state index < -0.39 is 6.43 Å². The Hall–Kier alpha value is -2.85. The zero-order chi connectivity index (χ0) is 23.8.